The minimum Gasteiger partial charge on any atom is -0.354 e. The van der Waals surface area contributed by atoms with Crippen LogP contribution in [-0.4, -0.2) is 17.9 Å². The van der Waals surface area contributed by atoms with Crippen LogP contribution in [0.5, 0.6) is 0 Å². The monoisotopic (exact) mass is 218 g/mol. The van der Waals surface area contributed by atoms with E-state index in [-0.39, 0.29) is 10.7 Å². The fourth-order valence-corrected chi connectivity index (χ4v) is 0.845. The van der Waals surface area contributed by atoms with E-state index in [2.05, 4.69) is 10.3 Å². The summed E-state index contributed by atoms with van der Waals surface area (Å²) >= 11 is 5.43. The Bertz CT molecular complexity index is 318. The van der Waals surface area contributed by atoms with Gasteiger partial charge in [0.25, 0.3) is 5.91 Å². The Labute approximate surface area is 87.3 Å². The van der Waals surface area contributed by atoms with Gasteiger partial charge < -0.3 is 5.32 Å². The van der Waals surface area contributed by atoms with Crippen molar-refractivity contribution in [1.29, 1.82) is 0 Å². The average molecular weight is 219 g/mol. The highest BCUT2D eigenvalue weighted by atomic mass is 35.5. The highest BCUT2D eigenvalue weighted by Crippen LogP contribution is 2.10. The van der Waals surface area contributed by atoms with Gasteiger partial charge in [0.15, 0.2) is 11.5 Å². The molecule has 0 aliphatic rings. The summed E-state index contributed by atoms with van der Waals surface area (Å²) in [6.45, 7) is 4.00. The Hall–Kier alpha value is -1.16. The lowest BCUT2D eigenvalue weighted by molar-refractivity contribution is 0.0954. The highest BCUT2D eigenvalue weighted by molar-refractivity contribution is 6.30. The fourth-order valence-electron chi connectivity index (χ4n) is 0.700. The van der Waals surface area contributed by atoms with Gasteiger partial charge in [0, 0.05) is 13.2 Å². The molecule has 1 N–H and O–H groups in total. The molecule has 0 aliphatic carbocycles. The topological polar surface area (TPSA) is 42.0 Å². The molecule has 14 heavy (non-hydrogen) atoms. The first-order chi connectivity index (χ1) is 6.65. The maximum atomic E-state index is 12.9. The normalized spacial score (nSPS) is 8.64. The Morgan fingerprint density at radius 2 is 2.14 bits per heavy atom. The van der Waals surface area contributed by atoms with Crippen LogP contribution in [0.25, 0.3) is 0 Å². The van der Waals surface area contributed by atoms with Crippen LogP contribution in [0.2, 0.25) is 5.02 Å². The third-order valence-electron chi connectivity index (χ3n) is 1.25. The zero-order valence-corrected chi connectivity index (χ0v) is 9.02. The number of halogens is 2. The number of rotatable bonds is 1. The van der Waals surface area contributed by atoms with Crippen LogP contribution < -0.4 is 5.32 Å². The number of carbonyl (C=O) groups excluding carboxylic acids is 1. The number of hydrogen-bond donors (Lipinski definition) is 1. The standard InChI is InChI=1S/C7H6ClFN2O.C2H6/c1-10-7(12)6-5(9)2-4(8)3-11-6;1-2/h2-3H,1H3,(H,10,12);1-2H3. The number of nitrogens with zero attached hydrogens (tertiary/aromatic N) is 1. The molecule has 0 aromatic carbocycles. The van der Waals surface area contributed by atoms with Crippen LogP contribution in [0.1, 0.15) is 24.3 Å². The zero-order chi connectivity index (χ0) is 11.1. The van der Waals surface area contributed by atoms with Crippen LogP contribution >= 0.6 is 11.6 Å². The van der Waals surface area contributed by atoms with E-state index >= 15 is 0 Å². The van der Waals surface area contributed by atoms with Crippen LogP contribution in [0, 0.1) is 5.82 Å². The predicted octanol–water partition coefficient (Wildman–Crippen LogP) is 2.26. The van der Waals surface area contributed by atoms with Gasteiger partial charge >= 0.3 is 0 Å². The molecule has 0 aliphatic heterocycles. The summed E-state index contributed by atoms with van der Waals surface area (Å²) < 4.78 is 12.9. The van der Waals surface area contributed by atoms with Gasteiger partial charge in [0.1, 0.15) is 0 Å². The fraction of sp³-hybridized carbons (Fsp3) is 0.333. The second-order valence-electron chi connectivity index (χ2n) is 2.06. The van der Waals surface area contributed by atoms with E-state index in [1.54, 1.807) is 0 Å². The lowest BCUT2D eigenvalue weighted by Gasteiger charge is -1.99. The van der Waals surface area contributed by atoms with Crippen molar-refractivity contribution in [3.05, 3.63) is 28.8 Å². The summed E-state index contributed by atoms with van der Waals surface area (Å²) in [5.74, 6) is -1.29. The van der Waals surface area contributed by atoms with E-state index in [9.17, 15) is 9.18 Å². The van der Waals surface area contributed by atoms with Crippen LogP contribution in [0.15, 0.2) is 12.3 Å². The predicted molar refractivity (Wildman–Crippen MR) is 53.9 cm³/mol. The highest BCUT2D eigenvalue weighted by Gasteiger charge is 2.11. The molecule has 3 nitrogen and oxygen atoms in total. The number of pyridine rings is 1. The molecule has 1 amide bonds. The maximum absolute atomic E-state index is 12.9. The molecule has 5 heteroatoms. The second kappa shape index (κ2) is 6.32. The first-order valence-electron chi connectivity index (χ1n) is 4.18. The molecule has 1 aromatic rings. The summed E-state index contributed by atoms with van der Waals surface area (Å²) in [7, 11) is 1.40. The van der Waals surface area contributed by atoms with Gasteiger partial charge in [0.05, 0.1) is 5.02 Å². The first-order valence-corrected chi connectivity index (χ1v) is 4.56. The maximum Gasteiger partial charge on any atom is 0.272 e. The van der Waals surface area contributed by atoms with Crippen molar-refractivity contribution >= 4 is 17.5 Å². The van der Waals surface area contributed by atoms with Gasteiger partial charge in [-0.3, -0.25) is 4.79 Å². The number of amides is 1. The number of carbonyl (C=O) groups is 1. The van der Waals surface area contributed by atoms with Crippen LogP contribution in [0.3, 0.4) is 0 Å². The minimum absolute atomic E-state index is 0.167. The molecule has 0 unspecified atom stereocenters. The van der Waals surface area contributed by atoms with Gasteiger partial charge in [0.2, 0.25) is 0 Å². The van der Waals surface area contributed by atoms with E-state index in [0.29, 0.717) is 0 Å². The van der Waals surface area contributed by atoms with Gasteiger partial charge in [-0.05, 0) is 6.07 Å². The van der Waals surface area contributed by atoms with Crippen molar-refractivity contribution in [3.63, 3.8) is 0 Å². The molecule has 0 saturated heterocycles. The lowest BCUT2D eigenvalue weighted by Crippen LogP contribution is -2.20. The van der Waals surface area contributed by atoms with Crippen molar-refractivity contribution in [2.45, 2.75) is 13.8 Å². The average Bonchev–Trinajstić information content (AvgIpc) is 2.20. The van der Waals surface area contributed by atoms with Crippen molar-refractivity contribution in [2.24, 2.45) is 0 Å². The quantitative estimate of drug-likeness (QED) is 0.786. The molecular weight excluding hydrogens is 207 g/mol. The molecule has 78 valence electrons. The summed E-state index contributed by atoms with van der Waals surface area (Å²) in [4.78, 5) is 14.4. The molecule has 0 atom stereocenters. The summed E-state index contributed by atoms with van der Waals surface area (Å²) in [5, 5.41) is 2.42. The van der Waals surface area contributed by atoms with Crippen molar-refractivity contribution in [2.75, 3.05) is 7.05 Å². The molecule has 1 heterocycles. The molecule has 0 bridgehead atoms. The SMILES string of the molecule is CC.CNC(=O)c1ncc(Cl)cc1F. The molecular formula is C9H12ClFN2O. The van der Waals surface area contributed by atoms with Gasteiger partial charge in [-0.1, -0.05) is 25.4 Å². The summed E-state index contributed by atoms with van der Waals surface area (Å²) in [6, 6.07) is 1.04. The molecule has 1 aromatic heterocycles. The van der Waals surface area contributed by atoms with Crippen molar-refractivity contribution < 1.29 is 9.18 Å². The van der Waals surface area contributed by atoms with Crippen LogP contribution in [-0.2, 0) is 0 Å². The van der Waals surface area contributed by atoms with E-state index < -0.39 is 11.7 Å². The van der Waals surface area contributed by atoms with Crippen molar-refractivity contribution in [3.8, 4) is 0 Å². The molecule has 0 radical (unpaired) electrons. The van der Waals surface area contributed by atoms with E-state index in [4.69, 9.17) is 11.6 Å². The Balaban J connectivity index is 0.000000791. The number of hydrogen-bond acceptors (Lipinski definition) is 2. The molecule has 0 spiro atoms. The van der Waals surface area contributed by atoms with Crippen molar-refractivity contribution in [1.82, 2.24) is 10.3 Å². The Morgan fingerprint density at radius 1 is 1.57 bits per heavy atom. The van der Waals surface area contributed by atoms with E-state index in [0.717, 1.165) is 6.07 Å². The lowest BCUT2D eigenvalue weighted by atomic mass is 10.3. The first kappa shape index (κ1) is 12.8. The van der Waals surface area contributed by atoms with E-state index in [1.165, 1.54) is 13.2 Å². The largest absolute Gasteiger partial charge is 0.354 e. The second-order valence-corrected chi connectivity index (χ2v) is 2.50. The third kappa shape index (κ3) is 3.30. The van der Waals surface area contributed by atoms with Gasteiger partial charge in [-0.2, -0.15) is 0 Å². The molecule has 0 fully saturated rings. The van der Waals surface area contributed by atoms with Gasteiger partial charge in [-0.25, -0.2) is 9.37 Å². The zero-order valence-electron chi connectivity index (χ0n) is 8.27. The Kier molecular flexibility index (Phi) is 5.79. The minimum atomic E-state index is -0.721. The number of nitrogens with one attached hydrogen (secondary N) is 1. The smallest absolute Gasteiger partial charge is 0.272 e. The molecule has 0 saturated carbocycles. The molecule has 1 rings (SSSR count). The third-order valence-corrected chi connectivity index (χ3v) is 1.46. The van der Waals surface area contributed by atoms with Gasteiger partial charge in [-0.15, -0.1) is 0 Å². The number of aromatic nitrogens is 1. The summed E-state index contributed by atoms with van der Waals surface area (Å²) in [5.41, 5.74) is -0.248. The summed E-state index contributed by atoms with van der Waals surface area (Å²) in [6.07, 6.45) is 1.22. The van der Waals surface area contributed by atoms with Crippen LogP contribution in [0.4, 0.5) is 4.39 Å². The Morgan fingerprint density at radius 3 is 2.57 bits per heavy atom. The van der Waals surface area contributed by atoms with E-state index in [1.807, 2.05) is 13.8 Å².